The average molecular weight is 340 g/mol. The topological polar surface area (TPSA) is 89.5 Å². The van der Waals surface area contributed by atoms with Crippen LogP contribution in [-0.2, 0) is 38.0 Å². The summed E-state index contributed by atoms with van der Waals surface area (Å²) in [5.74, 6) is -1.57. The monoisotopic (exact) mass is 340 g/mol. The molecule has 6 aliphatic heterocycles. The van der Waals surface area contributed by atoms with E-state index in [1.165, 1.54) is 7.11 Å². The maximum atomic E-state index is 11.6. The molecule has 24 heavy (non-hydrogen) atoms. The highest BCUT2D eigenvalue weighted by atomic mass is 16.8. The van der Waals surface area contributed by atoms with E-state index in [-0.39, 0.29) is 55.1 Å². The Morgan fingerprint density at radius 2 is 1.79 bits per heavy atom. The predicted octanol–water partition coefficient (Wildman–Crippen LogP) is -0.285. The smallest absolute Gasteiger partial charge is 0.308 e. The van der Waals surface area contributed by atoms with Crippen molar-refractivity contribution in [3.8, 4) is 0 Å². The van der Waals surface area contributed by atoms with E-state index in [2.05, 4.69) is 0 Å². The molecule has 6 saturated heterocycles. The van der Waals surface area contributed by atoms with Crippen molar-refractivity contribution in [1.29, 1.82) is 0 Å². The van der Waals surface area contributed by atoms with Crippen LogP contribution in [0.4, 0.5) is 0 Å². The highest BCUT2D eigenvalue weighted by Gasteiger charge is 2.69. The lowest BCUT2D eigenvalue weighted by Gasteiger charge is -2.47. The Morgan fingerprint density at radius 3 is 2.58 bits per heavy atom. The number of rotatable bonds is 3. The van der Waals surface area contributed by atoms with E-state index in [0.717, 1.165) is 19.1 Å². The molecule has 8 nitrogen and oxygen atoms in total. The molecule has 0 N–H and O–H groups in total. The normalized spacial score (nSPS) is 54.2. The first-order valence-electron chi connectivity index (χ1n) is 8.47. The van der Waals surface area contributed by atoms with Crippen LogP contribution >= 0.6 is 0 Å². The molecule has 0 radical (unpaired) electrons. The fourth-order valence-electron chi connectivity index (χ4n) is 4.72. The van der Waals surface area contributed by atoms with Crippen molar-refractivity contribution in [1.82, 2.24) is 0 Å². The molecule has 6 bridgehead atoms. The van der Waals surface area contributed by atoms with Crippen LogP contribution in [-0.4, -0.2) is 74.0 Å². The third-order valence-electron chi connectivity index (χ3n) is 5.77. The number of hydrogen-bond donors (Lipinski definition) is 0. The lowest BCUT2D eigenvalue weighted by atomic mass is 9.87. The van der Waals surface area contributed by atoms with Crippen LogP contribution in [0.15, 0.2) is 0 Å². The Kier molecular flexibility index (Phi) is 3.31. The maximum absolute atomic E-state index is 11.6. The summed E-state index contributed by atoms with van der Waals surface area (Å²) in [7, 11) is 1.36. The number of ether oxygens (including phenoxy) is 6. The molecule has 8 heteroatoms. The average Bonchev–Trinajstić information content (AvgIpc) is 3.00. The van der Waals surface area contributed by atoms with Gasteiger partial charge in [0.15, 0.2) is 6.29 Å². The minimum Gasteiger partial charge on any atom is -0.469 e. The molecule has 0 unspecified atom stereocenters. The molecular weight excluding hydrogens is 320 g/mol. The first-order valence-corrected chi connectivity index (χ1v) is 8.47. The molecule has 0 aromatic rings. The summed E-state index contributed by atoms with van der Waals surface area (Å²) >= 11 is 0. The number of carbonyl (C=O) groups excluding carboxylic acids is 2. The molecule has 132 valence electrons. The highest BCUT2D eigenvalue weighted by Crippen LogP contribution is 2.51. The van der Waals surface area contributed by atoms with Gasteiger partial charge < -0.3 is 28.4 Å². The van der Waals surface area contributed by atoms with E-state index in [1.54, 1.807) is 0 Å². The highest BCUT2D eigenvalue weighted by molar-refractivity contribution is 5.69. The first kappa shape index (κ1) is 15.2. The maximum Gasteiger partial charge on any atom is 0.308 e. The van der Waals surface area contributed by atoms with Gasteiger partial charge in [0.2, 0.25) is 5.79 Å². The van der Waals surface area contributed by atoms with Crippen molar-refractivity contribution < 1.29 is 38.0 Å². The molecule has 0 aromatic heterocycles. The zero-order chi connectivity index (χ0) is 16.5. The van der Waals surface area contributed by atoms with Gasteiger partial charge in [-0.3, -0.25) is 9.59 Å². The van der Waals surface area contributed by atoms with Crippen molar-refractivity contribution in [2.45, 2.75) is 80.3 Å². The number of methoxy groups -OCH3 is 1. The quantitative estimate of drug-likeness (QED) is 0.512. The third kappa shape index (κ3) is 2.04. The van der Waals surface area contributed by atoms with Gasteiger partial charge in [0.1, 0.15) is 30.5 Å². The van der Waals surface area contributed by atoms with Crippen molar-refractivity contribution in [2.75, 3.05) is 7.11 Å². The summed E-state index contributed by atoms with van der Waals surface area (Å²) in [6, 6.07) is 0. The van der Waals surface area contributed by atoms with Gasteiger partial charge in [0.25, 0.3) is 0 Å². The van der Waals surface area contributed by atoms with E-state index in [9.17, 15) is 9.59 Å². The van der Waals surface area contributed by atoms with Crippen LogP contribution in [0.5, 0.6) is 0 Å². The largest absolute Gasteiger partial charge is 0.469 e. The Labute approximate surface area is 138 Å². The third-order valence-corrected chi connectivity index (χ3v) is 5.77. The minimum atomic E-state index is -1.26. The van der Waals surface area contributed by atoms with E-state index in [0.29, 0.717) is 6.42 Å². The number of carbonyl (C=O) groups is 2. The second kappa shape index (κ2) is 5.22. The van der Waals surface area contributed by atoms with E-state index >= 15 is 0 Å². The molecule has 0 aliphatic carbocycles. The lowest BCUT2D eigenvalue weighted by molar-refractivity contribution is -0.279. The SMILES string of the molecule is COC(=O)C[C@H]1CC[C@@H]2O[C@@H]3[C@H]4O[C@@H]5C[C@](C=O)(O[C@H]4[C@H]2O1)O[C@H]35. The summed E-state index contributed by atoms with van der Waals surface area (Å²) in [6.45, 7) is 0. The van der Waals surface area contributed by atoms with E-state index in [4.69, 9.17) is 28.4 Å². The lowest BCUT2D eigenvalue weighted by Crippen LogP contribution is -2.61. The summed E-state index contributed by atoms with van der Waals surface area (Å²) in [5.41, 5.74) is 0. The molecular formula is C16H20O8. The Bertz CT molecular complexity index is 566. The summed E-state index contributed by atoms with van der Waals surface area (Å²) in [4.78, 5) is 23.1. The number of hydrogen-bond acceptors (Lipinski definition) is 8. The molecule has 6 fully saturated rings. The molecule has 6 aliphatic rings. The zero-order valence-corrected chi connectivity index (χ0v) is 13.3. The van der Waals surface area contributed by atoms with E-state index < -0.39 is 11.9 Å². The van der Waals surface area contributed by atoms with Crippen molar-refractivity contribution >= 4 is 12.3 Å². The molecule has 9 atom stereocenters. The standard InChI is InChI=1S/C16H20O8/c1-19-10(18)4-7-2-3-8-11(20-7)15-14-13(21-8)12-9(22-14)5-16(6-17,23-12)24-15/h6-9,11-15H,2-5H2,1H3/t7-,8+,9-,11+,12+,13+,14-,15+,16-/m1/s1. The van der Waals surface area contributed by atoms with Crippen LogP contribution in [0.3, 0.4) is 0 Å². The van der Waals surface area contributed by atoms with Crippen LogP contribution < -0.4 is 0 Å². The van der Waals surface area contributed by atoms with Crippen LogP contribution in [0.25, 0.3) is 0 Å². The van der Waals surface area contributed by atoms with Crippen LogP contribution in [0.1, 0.15) is 25.7 Å². The number of aldehydes is 1. The minimum absolute atomic E-state index is 0.140. The van der Waals surface area contributed by atoms with Gasteiger partial charge in [-0.15, -0.1) is 0 Å². The second-order valence-electron chi connectivity index (χ2n) is 7.16. The molecule has 0 amide bonds. The number of fused-ring (bicyclic) bond motifs is 1. The Balaban J connectivity index is 1.42. The molecule has 6 heterocycles. The van der Waals surface area contributed by atoms with Crippen molar-refractivity contribution in [3.05, 3.63) is 0 Å². The second-order valence-corrected chi connectivity index (χ2v) is 7.16. The van der Waals surface area contributed by atoms with Gasteiger partial charge in [-0.25, -0.2) is 0 Å². The summed E-state index contributed by atoms with van der Waals surface area (Å²) in [5, 5.41) is 0. The van der Waals surface area contributed by atoms with Gasteiger partial charge in [-0.05, 0) is 12.8 Å². The van der Waals surface area contributed by atoms with Gasteiger partial charge >= 0.3 is 5.97 Å². The molecule has 6 rings (SSSR count). The van der Waals surface area contributed by atoms with Crippen LogP contribution in [0, 0.1) is 0 Å². The summed E-state index contributed by atoms with van der Waals surface area (Å²) < 4.78 is 35.0. The Hall–Kier alpha value is -1.06. The molecule has 0 saturated carbocycles. The predicted molar refractivity (Wildman–Crippen MR) is 75.0 cm³/mol. The Morgan fingerprint density at radius 1 is 1.04 bits per heavy atom. The molecule has 0 aromatic carbocycles. The number of esters is 1. The fraction of sp³-hybridized carbons (Fsp3) is 0.875. The van der Waals surface area contributed by atoms with Gasteiger partial charge in [-0.2, -0.15) is 0 Å². The zero-order valence-electron chi connectivity index (χ0n) is 13.3. The van der Waals surface area contributed by atoms with Crippen molar-refractivity contribution in [3.63, 3.8) is 0 Å². The van der Waals surface area contributed by atoms with Gasteiger partial charge in [0.05, 0.1) is 31.8 Å². The first-order chi connectivity index (χ1) is 11.6. The van der Waals surface area contributed by atoms with Crippen LogP contribution in [0.2, 0.25) is 0 Å². The summed E-state index contributed by atoms with van der Waals surface area (Å²) in [6.07, 6.45) is 0.606. The fourth-order valence-corrected chi connectivity index (χ4v) is 4.72. The van der Waals surface area contributed by atoms with Gasteiger partial charge in [0, 0.05) is 6.42 Å². The van der Waals surface area contributed by atoms with Crippen molar-refractivity contribution in [2.24, 2.45) is 0 Å². The van der Waals surface area contributed by atoms with Gasteiger partial charge in [-0.1, -0.05) is 0 Å². The molecule has 0 spiro atoms. The van der Waals surface area contributed by atoms with E-state index in [1.807, 2.05) is 0 Å².